The molecule has 0 saturated carbocycles. The van der Waals surface area contributed by atoms with Crippen molar-refractivity contribution in [3.8, 4) is 0 Å². The fourth-order valence-corrected chi connectivity index (χ4v) is 2.43. The van der Waals surface area contributed by atoms with Gasteiger partial charge < -0.3 is 9.85 Å². The smallest absolute Gasteiger partial charge is 0.139 e. The third-order valence-corrected chi connectivity index (χ3v) is 3.29. The summed E-state index contributed by atoms with van der Waals surface area (Å²) in [7, 11) is 0. The van der Waals surface area contributed by atoms with Crippen LogP contribution < -0.4 is 4.65 Å². The molecule has 1 heterocycles. The van der Waals surface area contributed by atoms with Gasteiger partial charge in [-0.2, -0.15) is 0 Å². The van der Waals surface area contributed by atoms with E-state index in [2.05, 4.69) is 4.90 Å². The van der Waals surface area contributed by atoms with Gasteiger partial charge in [0.1, 0.15) is 12.4 Å². The molecule has 0 aliphatic carbocycles. The van der Waals surface area contributed by atoms with Crippen molar-refractivity contribution in [1.82, 2.24) is 9.55 Å². The Bertz CT molecular complexity index is 375. The highest BCUT2D eigenvalue weighted by molar-refractivity contribution is 6.30. The number of quaternary nitrogens is 1. The zero-order chi connectivity index (χ0) is 11.6. The predicted octanol–water partition coefficient (Wildman–Crippen LogP) is 2.66. The molecule has 2 rings (SSSR count). The van der Waals surface area contributed by atoms with E-state index in [1.165, 1.54) is 0 Å². The number of hydrogen-bond acceptors (Lipinski definition) is 2. The Morgan fingerprint density at radius 3 is 2.94 bits per heavy atom. The molecule has 16 heavy (non-hydrogen) atoms. The molecule has 0 radical (unpaired) electrons. The van der Waals surface area contributed by atoms with Gasteiger partial charge in [0.15, 0.2) is 0 Å². The van der Waals surface area contributed by atoms with Crippen molar-refractivity contribution in [1.29, 1.82) is 0 Å². The number of alkyl halides is 1. The summed E-state index contributed by atoms with van der Waals surface area (Å²) in [5, 5.41) is 13.1. The third kappa shape index (κ3) is 2.50. The molecule has 0 amide bonds. The van der Waals surface area contributed by atoms with Crippen LogP contribution >= 0.6 is 23.2 Å². The normalized spacial score (nSPS) is 26.2. The van der Waals surface area contributed by atoms with Crippen molar-refractivity contribution < 1.29 is 0 Å². The molecule has 5 heteroatoms. The fourth-order valence-electron chi connectivity index (χ4n) is 2.01. The molecule has 0 spiro atoms. The first-order valence-corrected chi connectivity index (χ1v) is 6.18. The van der Waals surface area contributed by atoms with E-state index >= 15 is 0 Å². The lowest BCUT2D eigenvalue weighted by molar-refractivity contribution is 0.303. The molecule has 0 aromatic heterocycles. The van der Waals surface area contributed by atoms with E-state index in [1.807, 2.05) is 12.1 Å². The molecule has 3 nitrogen and oxygen atoms in total. The molecule has 1 aliphatic rings. The van der Waals surface area contributed by atoms with Crippen LogP contribution in [0.4, 0.5) is 5.69 Å². The van der Waals surface area contributed by atoms with Gasteiger partial charge >= 0.3 is 0 Å². The topological polar surface area (TPSA) is 26.3 Å². The van der Waals surface area contributed by atoms with Gasteiger partial charge in [-0.15, -0.1) is 11.6 Å². The standard InChI is InChI=1S/C11H14Cl2N2O/c12-4-5-14-6-7-15(16,9-14)11-3-1-2-10(13)8-11/h1-3,8H,4-7,9H2. The Morgan fingerprint density at radius 2 is 2.25 bits per heavy atom. The molecule has 1 atom stereocenters. The Kier molecular flexibility index (Phi) is 3.72. The van der Waals surface area contributed by atoms with Gasteiger partial charge in [0.05, 0.1) is 13.1 Å². The second kappa shape index (κ2) is 4.90. The van der Waals surface area contributed by atoms with Gasteiger partial charge in [0, 0.05) is 23.5 Å². The van der Waals surface area contributed by atoms with Crippen LogP contribution in [0.15, 0.2) is 24.3 Å². The van der Waals surface area contributed by atoms with E-state index in [4.69, 9.17) is 23.2 Å². The molecular formula is C11H14Cl2N2O. The molecule has 1 aliphatic heterocycles. The molecule has 88 valence electrons. The van der Waals surface area contributed by atoms with Crippen LogP contribution in [0.3, 0.4) is 0 Å². The Hall–Kier alpha value is -0.320. The van der Waals surface area contributed by atoms with Gasteiger partial charge in [-0.25, -0.2) is 4.90 Å². The van der Waals surface area contributed by atoms with E-state index in [0.717, 1.165) is 18.8 Å². The quantitative estimate of drug-likeness (QED) is 0.475. The second-order valence-electron chi connectivity index (χ2n) is 4.04. The molecule has 1 unspecified atom stereocenters. The molecular weight excluding hydrogens is 247 g/mol. The largest absolute Gasteiger partial charge is 0.626 e. The summed E-state index contributed by atoms with van der Waals surface area (Å²) >= 11 is 11.6. The number of rotatable bonds is 3. The van der Waals surface area contributed by atoms with Crippen molar-refractivity contribution >= 4 is 28.9 Å². The highest BCUT2D eigenvalue weighted by Crippen LogP contribution is 2.28. The van der Waals surface area contributed by atoms with Crippen LogP contribution in [0.5, 0.6) is 0 Å². The summed E-state index contributed by atoms with van der Waals surface area (Å²) in [5.41, 5.74) is 0.726. The number of benzene rings is 1. The molecule has 1 aromatic rings. The summed E-state index contributed by atoms with van der Waals surface area (Å²) < 4.78 is -0.322. The first-order chi connectivity index (χ1) is 7.64. The Morgan fingerprint density at radius 1 is 1.44 bits per heavy atom. The Labute approximate surface area is 105 Å². The van der Waals surface area contributed by atoms with E-state index in [-0.39, 0.29) is 4.65 Å². The maximum atomic E-state index is 12.5. The van der Waals surface area contributed by atoms with Gasteiger partial charge in [-0.3, -0.25) is 0 Å². The minimum Gasteiger partial charge on any atom is -0.626 e. The van der Waals surface area contributed by atoms with Crippen LogP contribution in [-0.2, 0) is 0 Å². The van der Waals surface area contributed by atoms with Crippen molar-refractivity contribution in [2.45, 2.75) is 0 Å². The number of halogens is 2. The zero-order valence-electron chi connectivity index (χ0n) is 8.90. The van der Waals surface area contributed by atoms with Crippen LogP contribution in [0, 0.1) is 5.21 Å². The van der Waals surface area contributed by atoms with Gasteiger partial charge in [-0.05, 0) is 12.1 Å². The lowest BCUT2D eigenvalue weighted by Crippen LogP contribution is -2.42. The molecule has 1 saturated heterocycles. The average Bonchev–Trinajstić information content (AvgIpc) is 2.62. The molecule has 1 fully saturated rings. The SMILES string of the molecule is [O-][N+]1(c2cccc(Cl)c2)CCN(CCCl)C1. The summed E-state index contributed by atoms with van der Waals surface area (Å²) in [4.78, 5) is 2.08. The highest BCUT2D eigenvalue weighted by Gasteiger charge is 2.31. The van der Waals surface area contributed by atoms with Crippen molar-refractivity contribution in [3.63, 3.8) is 0 Å². The van der Waals surface area contributed by atoms with E-state index in [1.54, 1.807) is 12.1 Å². The Balaban J connectivity index is 2.15. The van der Waals surface area contributed by atoms with E-state index in [0.29, 0.717) is 24.1 Å². The fraction of sp³-hybridized carbons (Fsp3) is 0.455. The molecule has 0 bridgehead atoms. The van der Waals surface area contributed by atoms with Crippen LogP contribution in [0.25, 0.3) is 0 Å². The lowest BCUT2D eigenvalue weighted by atomic mass is 10.3. The highest BCUT2D eigenvalue weighted by atomic mass is 35.5. The monoisotopic (exact) mass is 260 g/mol. The van der Waals surface area contributed by atoms with Gasteiger partial charge in [0.25, 0.3) is 0 Å². The summed E-state index contributed by atoms with van der Waals surface area (Å²) in [6, 6.07) is 7.19. The van der Waals surface area contributed by atoms with Crippen LogP contribution in [0.2, 0.25) is 5.02 Å². The first-order valence-electron chi connectivity index (χ1n) is 5.26. The summed E-state index contributed by atoms with van der Waals surface area (Å²) in [5.74, 6) is 0.565. The predicted molar refractivity (Wildman–Crippen MR) is 68.6 cm³/mol. The first kappa shape index (κ1) is 12.1. The second-order valence-corrected chi connectivity index (χ2v) is 4.86. The van der Waals surface area contributed by atoms with Crippen molar-refractivity contribution in [2.24, 2.45) is 0 Å². The van der Waals surface area contributed by atoms with Crippen molar-refractivity contribution in [3.05, 3.63) is 34.5 Å². The average molecular weight is 261 g/mol. The molecule has 0 N–H and O–H groups in total. The summed E-state index contributed by atoms with van der Waals surface area (Å²) in [6.45, 7) is 2.59. The molecule has 1 aromatic carbocycles. The number of hydroxylamine groups is 2. The van der Waals surface area contributed by atoms with Crippen LogP contribution in [-0.4, -0.2) is 37.1 Å². The number of nitrogens with zero attached hydrogens (tertiary/aromatic N) is 2. The maximum Gasteiger partial charge on any atom is 0.139 e. The zero-order valence-corrected chi connectivity index (χ0v) is 10.4. The number of hydrogen-bond donors (Lipinski definition) is 0. The van der Waals surface area contributed by atoms with Crippen molar-refractivity contribution in [2.75, 3.05) is 32.2 Å². The minimum absolute atomic E-state index is 0.322. The minimum atomic E-state index is -0.322. The maximum absolute atomic E-state index is 12.5. The lowest BCUT2D eigenvalue weighted by Gasteiger charge is -2.37. The third-order valence-electron chi connectivity index (χ3n) is 2.89. The van der Waals surface area contributed by atoms with Gasteiger partial charge in [-0.1, -0.05) is 17.7 Å². The van der Waals surface area contributed by atoms with Crippen LogP contribution in [0.1, 0.15) is 0 Å². The van der Waals surface area contributed by atoms with Gasteiger partial charge in [0.2, 0.25) is 0 Å². The summed E-state index contributed by atoms with van der Waals surface area (Å²) in [6.07, 6.45) is 0. The van der Waals surface area contributed by atoms with E-state index < -0.39 is 0 Å². The van der Waals surface area contributed by atoms with E-state index in [9.17, 15) is 5.21 Å².